The summed E-state index contributed by atoms with van der Waals surface area (Å²) in [6.45, 7) is 0.667. The Labute approximate surface area is 102 Å². The number of nitrogens with two attached hydrogens (primary N) is 1. The number of halogens is 3. The van der Waals surface area contributed by atoms with E-state index < -0.39 is 0 Å². The zero-order chi connectivity index (χ0) is 11.0. The first kappa shape index (κ1) is 10.7. The molecule has 15 heavy (non-hydrogen) atoms. The molecule has 0 bridgehead atoms. The van der Waals surface area contributed by atoms with Crippen LogP contribution in [0.3, 0.4) is 0 Å². The van der Waals surface area contributed by atoms with Crippen molar-refractivity contribution in [1.82, 2.24) is 5.43 Å². The maximum absolute atomic E-state index is 5.91. The van der Waals surface area contributed by atoms with Crippen molar-refractivity contribution in [3.63, 3.8) is 0 Å². The largest absolute Gasteiger partial charge is 0.384 e. The molecule has 0 saturated carbocycles. The number of anilines is 1. The summed E-state index contributed by atoms with van der Waals surface area (Å²) in [6, 6.07) is 3.46. The first-order chi connectivity index (χ1) is 7.08. The summed E-state index contributed by atoms with van der Waals surface area (Å²) in [6.07, 6.45) is 1.86. The predicted octanol–water partition coefficient (Wildman–Crippen LogP) is 2.77. The van der Waals surface area contributed by atoms with Crippen LogP contribution < -0.4 is 16.2 Å². The summed E-state index contributed by atoms with van der Waals surface area (Å²) in [7, 11) is 0. The Morgan fingerprint density at radius 1 is 1.20 bits per heavy atom. The fourth-order valence-electron chi connectivity index (χ4n) is 1.30. The highest BCUT2D eigenvalue weighted by Crippen LogP contribution is 2.34. The van der Waals surface area contributed by atoms with Crippen LogP contribution in [0.1, 0.15) is 0 Å². The molecule has 1 aromatic carbocycles. The minimum atomic E-state index is 0.363. The molecule has 3 nitrogen and oxygen atoms in total. The molecule has 0 aromatic heterocycles. The van der Waals surface area contributed by atoms with E-state index in [4.69, 9.17) is 40.5 Å². The first-order valence-corrected chi connectivity index (χ1v) is 5.35. The molecule has 0 aliphatic carbocycles. The smallest absolute Gasteiger partial charge is 0.113 e. The number of nitrogens with one attached hydrogen (secondary N) is 1. The molecule has 1 aromatic rings. The van der Waals surface area contributed by atoms with E-state index >= 15 is 0 Å². The Kier molecular flexibility index (Phi) is 2.87. The van der Waals surface area contributed by atoms with Gasteiger partial charge in [-0.3, -0.25) is 10.4 Å². The molecule has 0 fully saturated rings. The number of rotatable bonds is 1. The molecule has 6 heteroatoms. The molecule has 0 unspecified atom stereocenters. The van der Waals surface area contributed by atoms with Crippen LogP contribution in [-0.4, -0.2) is 6.54 Å². The summed E-state index contributed by atoms with van der Waals surface area (Å²) < 4.78 is 0. The van der Waals surface area contributed by atoms with Crippen molar-refractivity contribution in [2.75, 3.05) is 11.6 Å². The maximum Gasteiger partial charge on any atom is 0.113 e. The Morgan fingerprint density at radius 2 is 1.80 bits per heavy atom. The third kappa shape index (κ3) is 2.09. The number of hydrogen-bond donors (Lipinski definition) is 2. The van der Waals surface area contributed by atoms with Crippen LogP contribution in [0.15, 0.2) is 24.0 Å². The maximum atomic E-state index is 5.91. The van der Waals surface area contributed by atoms with Crippen LogP contribution in [0.25, 0.3) is 0 Å². The van der Waals surface area contributed by atoms with Crippen molar-refractivity contribution in [2.24, 2.45) is 5.73 Å². The summed E-state index contributed by atoms with van der Waals surface area (Å²) >= 11 is 17.7. The Hall–Kier alpha value is -0.770. The Morgan fingerprint density at radius 3 is 2.27 bits per heavy atom. The molecule has 0 atom stereocenters. The van der Waals surface area contributed by atoms with Gasteiger partial charge in [0.2, 0.25) is 0 Å². The Bertz CT molecular complexity index is 408. The van der Waals surface area contributed by atoms with Crippen molar-refractivity contribution in [3.8, 4) is 0 Å². The molecule has 0 amide bonds. The quantitative estimate of drug-likeness (QED) is 0.767. The molecule has 80 valence electrons. The Balaban J connectivity index is 2.31. The van der Waals surface area contributed by atoms with E-state index in [1.807, 2.05) is 11.1 Å². The zero-order valence-electron chi connectivity index (χ0n) is 7.60. The van der Waals surface area contributed by atoms with E-state index in [2.05, 4.69) is 5.43 Å². The topological polar surface area (TPSA) is 41.3 Å². The lowest BCUT2D eigenvalue weighted by Crippen LogP contribution is -2.33. The van der Waals surface area contributed by atoms with E-state index in [1.54, 1.807) is 12.1 Å². The lowest BCUT2D eigenvalue weighted by Gasteiger charge is -2.20. The number of hydrazine groups is 1. The van der Waals surface area contributed by atoms with Gasteiger partial charge in [-0.2, -0.15) is 0 Å². The van der Waals surface area contributed by atoms with Gasteiger partial charge in [0.25, 0.3) is 0 Å². The highest BCUT2D eigenvalue weighted by molar-refractivity contribution is 6.48. The van der Waals surface area contributed by atoms with Crippen molar-refractivity contribution >= 4 is 40.5 Å². The second-order valence-electron chi connectivity index (χ2n) is 3.11. The van der Waals surface area contributed by atoms with Crippen LogP contribution in [0, 0.1) is 0 Å². The third-order valence-corrected chi connectivity index (χ3v) is 3.23. The third-order valence-electron chi connectivity index (χ3n) is 2.04. The first-order valence-electron chi connectivity index (χ1n) is 4.22. The van der Waals surface area contributed by atoms with Gasteiger partial charge in [-0.05, 0) is 18.2 Å². The predicted molar refractivity (Wildman–Crippen MR) is 64.2 cm³/mol. The monoisotopic (exact) mass is 263 g/mol. The van der Waals surface area contributed by atoms with E-state index in [0.717, 1.165) is 5.69 Å². The second kappa shape index (κ2) is 4.00. The minimum Gasteiger partial charge on any atom is -0.384 e. The SMILES string of the molecule is NC1=CCN(c2cc(Cl)c(Cl)c(Cl)c2)N1. The zero-order valence-corrected chi connectivity index (χ0v) is 9.87. The number of nitrogens with zero attached hydrogens (tertiary/aromatic N) is 1. The van der Waals surface area contributed by atoms with Gasteiger partial charge in [-0.15, -0.1) is 0 Å². The van der Waals surface area contributed by atoms with Crippen LogP contribution in [0.4, 0.5) is 5.69 Å². The molecule has 0 saturated heterocycles. The van der Waals surface area contributed by atoms with Gasteiger partial charge >= 0.3 is 0 Å². The average Bonchev–Trinajstić information content (AvgIpc) is 2.60. The molecular weight excluding hydrogens is 256 g/mol. The van der Waals surface area contributed by atoms with E-state index in [1.165, 1.54) is 0 Å². The van der Waals surface area contributed by atoms with Crippen LogP contribution in [0.2, 0.25) is 15.1 Å². The normalized spacial score (nSPS) is 15.1. The lowest BCUT2D eigenvalue weighted by atomic mass is 10.3. The summed E-state index contributed by atoms with van der Waals surface area (Å²) in [5.74, 6) is 0.609. The van der Waals surface area contributed by atoms with Crippen LogP contribution >= 0.6 is 34.8 Å². The van der Waals surface area contributed by atoms with Gasteiger partial charge in [0.05, 0.1) is 27.3 Å². The molecule has 0 radical (unpaired) electrons. The van der Waals surface area contributed by atoms with E-state index in [-0.39, 0.29) is 0 Å². The standard InChI is InChI=1S/C9H8Cl3N3/c10-6-3-5(4-7(11)9(6)12)15-2-1-8(13)14-15/h1,3-4,14H,2,13H2. The van der Waals surface area contributed by atoms with Gasteiger partial charge < -0.3 is 5.73 Å². The molecule has 3 N–H and O–H groups in total. The number of benzene rings is 1. The number of hydrogen-bond acceptors (Lipinski definition) is 3. The van der Waals surface area contributed by atoms with Gasteiger partial charge in [0, 0.05) is 0 Å². The average molecular weight is 265 g/mol. The van der Waals surface area contributed by atoms with Crippen molar-refractivity contribution < 1.29 is 0 Å². The van der Waals surface area contributed by atoms with Crippen LogP contribution in [0.5, 0.6) is 0 Å². The molecule has 1 aliphatic heterocycles. The highest BCUT2D eigenvalue weighted by atomic mass is 35.5. The second-order valence-corrected chi connectivity index (χ2v) is 4.30. The lowest BCUT2D eigenvalue weighted by molar-refractivity contribution is 0.797. The van der Waals surface area contributed by atoms with E-state index in [0.29, 0.717) is 27.4 Å². The molecule has 0 spiro atoms. The fourth-order valence-corrected chi connectivity index (χ4v) is 1.89. The van der Waals surface area contributed by atoms with Crippen molar-refractivity contribution in [2.45, 2.75) is 0 Å². The van der Waals surface area contributed by atoms with Gasteiger partial charge in [-0.25, -0.2) is 0 Å². The fraction of sp³-hybridized carbons (Fsp3) is 0.111. The highest BCUT2D eigenvalue weighted by Gasteiger charge is 2.14. The van der Waals surface area contributed by atoms with Crippen molar-refractivity contribution in [1.29, 1.82) is 0 Å². The van der Waals surface area contributed by atoms with Crippen LogP contribution in [-0.2, 0) is 0 Å². The molecular formula is C9H8Cl3N3. The summed E-state index contributed by atoms with van der Waals surface area (Å²) in [5.41, 5.74) is 9.37. The molecule has 1 aliphatic rings. The minimum absolute atomic E-state index is 0.363. The molecule has 2 rings (SSSR count). The van der Waals surface area contributed by atoms with Crippen molar-refractivity contribution in [3.05, 3.63) is 39.1 Å². The molecule has 1 heterocycles. The summed E-state index contributed by atoms with van der Waals surface area (Å²) in [5, 5.41) is 3.03. The van der Waals surface area contributed by atoms with Gasteiger partial charge in [0.1, 0.15) is 5.82 Å². The van der Waals surface area contributed by atoms with Gasteiger partial charge in [-0.1, -0.05) is 34.8 Å². The summed E-state index contributed by atoms with van der Waals surface area (Å²) in [4.78, 5) is 0. The van der Waals surface area contributed by atoms with E-state index in [9.17, 15) is 0 Å². The van der Waals surface area contributed by atoms with Gasteiger partial charge in [0.15, 0.2) is 0 Å².